The molecule has 2 amide bonds. The first-order chi connectivity index (χ1) is 9.11. The van der Waals surface area contributed by atoms with E-state index in [-0.39, 0.29) is 24.3 Å². The normalized spacial score (nSPS) is 16.2. The quantitative estimate of drug-likeness (QED) is 0.595. The molecule has 1 fully saturated rings. The lowest BCUT2D eigenvalue weighted by Crippen LogP contribution is -2.43. The van der Waals surface area contributed by atoms with Crippen LogP contribution in [-0.2, 0) is 9.59 Å². The van der Waals surface area contributed by atoms with E-state index in [4.69, 9.17) is 5.11 Å². The second-order valence-corrected chi connectivity index (χ2v) is 4.50. The van der Waals surface area contributed by atoms with Crippen LogP contribution < -0.4 is 4.90 Å². The second-order valence-electron chi connectivity index (χ2n) is 4.50. The van der Waals surface area contributed by atoms with Crippen LogP contribution in [0.3, 0.4) is 0 Å². The van der Waals surface area contributed by atoms with Crippen molar-refractivity contribution in [1.29, 1.82) is 0 Å². The molecular weight excluding hydrogens is 244 g/mol. The zero-order valence-electron chi connectivity index (χ0n) is 10.6. The first-order valence-electron chi connectivity index (χ1n) is 6.03. The van der Waals surface area contributed by atoms with Crippen LogP contribution in [0.1, 0.15) is 25.3 Å². The topological polar surface area (TPSA) is 70.5 Å². The van der Waals surface area contributed by atoms with Crippen molar-refractivity contribution >= 4 is 17.6 Å². The van der Waals surface area contributed by atoms with Crippen LogP contribution in [0.25, 0.3) is 0 Å². The number of imide groups is 1. The fourth-order valence-electron chi connectivity index (χ4n) is 2.01. The lowest BCUT2D eigenvalue weighted by atomic mass is 9.98. The van der Waals surface area contributed by atoms with Gasteiger partial charge in [-0.05, 0) is 18.1 Å². The molecule has 0 spiro atoms. The van der Waals surface area contributed by atoms with E-state index >= 15 is 0 Å². The molecule has 0 bridgehead atoms. The van der Waals surface area contributed by atoms with Gasteiger partial charge < -0.3 is 5.11 Å². The average molecular weight is 258 g/mol. The molecule has 19 heavy (non-hydrogen) atoms. The average Bonchev–Trinajstić information content (AvgIpc) is 2.35. The molecule has 0 aromatic carbocycles. The van der Waals surface area contributed by atoms with E-state index in [9.17, 15) is 9.59 Å². The van der Waals surface area contributed by atoms with Gasteiger partial charge in [0.05, 0.1) is 0 Å². The van der Waals surface area contributed by atoms with Crippen LogP contribution in [-0.4, -0.2) is 28.5 Å². The third-order valence-electron chi connectivity index (χ3n) is 2.83. The molecule has 1 aliphatic rings. The van der Waals surface area contributed by atoms with E-state index < -0.39 is 0 Å². The third-order valence-corrected chi connectivity index (χ3v) is 2.83. The van der Waals surface area contributed by atoms with Crippen LogP contribution in [0.2, 0.25) is 0 Å². The molecule has 0 radical (unpaired) electrons. The van der Waals surface area contributed by atoms with E-state index in [0.717, 1.165) is 4.90 Å². The van der Waals surface area contributed by atoms with E-state index in [2.05, 4.69) is 16.8 Å². The summed E-state index contributed by atoms with van der Waals surface area (Å²) in [5.74, 6) is 5.15. The van der Waals surface area contributed by atoms with Crippen molar-refractivity contribution in [2.24, 2.45) is 5.92 Å². The van der Waals surface area contributed by atoms with Crippen LogP contribution in [0, 0.1) is 17.8 Å². The highest BCUT2D eigenvalue weighted by molar-refractivity contribution is 6.16. The Kier molecular flexibility index (Phi) is 3.93. The molecule has 0 atom stereocenters. The highest BCUT2D eigenvalue weighted by atomic mass is 16.2. The smallest absolute Gasteiger partial charge is 0.235 e. The summed E-state index contributed by atoms with van der Waals surface area (Å²) in [5, 5.41) is 8.65. The van der Waals surface area contributed by atoms with Gasteiger partial charge in [0, 0.05) is 24.6 Å². The molecule has 1 saturated heterocycles. The molecular formula is C14H14N2O3. The Bertz CT molecular complexity index is 554. The zero-order valence-corrected chi connectivity index (χ0v) is 10.6. The maximum Gasteiger partial charge on any atom is 0.235 e. The number of hydrogen-bond acceptors (Lipinski definition) is 4. The molecule has 1 aromatic rings. The summed E-state index contributed by atoms with van der Waals surface area (Å²) in [6, 6.07) is 3.24. The number of carbonyl (C=O) groups is 2. The Balaban J connectivity index is 2.31. The molecule has 5 heteroatoms. The Hall–Kier alpha value is -2.19. The number of amides is 2. The van der Waals surface area contributed by atoms with E-state index in [1.165, 1.54) is 6.20 Å². The highest BCUT2D eigenvalue weighted by Crippen LogP contribution is 2.23. The lowest BCUT2D eigenvalue weighted by Gasteiger charge is -2.27. The minimum Gasteiger partial charge on any atom is -0.384 e. The highest BCUT2D eigenvalue weighted by Gasteiger charge is 2.32. The summed E-state index contributed by atoms with van der Waals surface area (Å²) < 4.78 is 0. The Labute approximate surface area is 111 Å². The van der Waals surface area contributed by atoms with Gasteiger partial charge in [0.15, 0.2) is 0 Å². The third kappa shape index (κ3) is 2.98. The number of aliphatic hydroxyl groups is 1. The van der Waals surface area contributed by atoms with Crippen molar-refractivity contribution in [3.63, 3.8) is 0 Å². The number of aliphatic hydroxyl groups excluding tert-OH is 1. The Morgan fingerprint density at radius 2 is 2.11 bits per heavy atom. The van der Waals surface area contributed by atoms with E-state index in [1.807, 2.05) is 6.92 Å². The number of rotatable bonds is 1. The predicted octanol–water partition coefficient (Wildman–Crippen LogP) is 0.715. The van der Waals surface area contributed by atoms with Crippen LogP contribution in [0.15, 0.2) is 18.3 Å². The van der Waals surface area contributed by atoms with Gasteiger partial charge in [-0.3, -0.25) is 9.59 Å². The number of piperidine rings is 1. The van der Waals surface area contributed by atoms with Crippen molar-refractivity contribution in [3.05, 3.63) is 23.9 Å². The predicted molar refractivity (Wildman–Crippen MR) is 69.1 cm³/mol. The molecule has 0 aliphatic carbocycles. The number of anilines is 1. The SMILES string of the molecule is CC1CC(=O)N(c2cc(C#CCO)ccn2)C(=O)C1. The fraction of sp³-hybridized carbons (Fsp3) is 0.357. The summed E-state index contributed by atoms with van der Waals surface area (Å²) in [6.07, 6.45) is 2.19. The van der Waals surface area contributed by atoms with Gasteiger partial charge in [0.1, 0.15) is 12.4 Å². The van der Waals surface area contributed by atoms with Gasteiger partial charge in [-0.15, -0.1) is 0 Å². The van der Waals surface area contributed by atoms with Crippen molar-refractivity contribution in [2.45, 2.75) is 19.8 Å². The number of nitrogens with zero attached hydrogens (tertiary/aromatic N) is 2. The van der Waals surface area contributed by atoms with Crippen molar-refractivity contribution in [1.82, 2.24) is 4.98 Å². The maximum absolute atomic E-state index is 11.9. The number of pyridine rings is 1. The van der Waals surface area contributed by atoms with E-state index in [1.54, 1.807) is 12.1 Å². The minimum absolute atomic E-state index is 0.0774. The molecule has 2 heterocycles. The molecule has 0 unspecified atom stereocenters. The van der Waals surface area contributed by atoms with Gasteiger partial charge in [0.25, 0.3) is 0 Å². The summed E-state index contributed by atoms with van der Waals surface area (Å²) in [4.78, 5) is 29.0. The lowest BCUT2D eigenvalue weighted by molar-refractivity contribution is -0.130. The molecule has 1 aromatic heterocycles. The first-order valence-corrected chi connectivity index (χ1v) is 6.03. The van der Waals surface area contributed by atoms with Gasteiger partial charge in [0.2, 0.25) is 11.8 Å². The molecule has 98 valence electrons. The molecule has 1 aliphatic heterocycles. The van der Waals surface area contributed by atoms with Crippen LogP contribution >= 0.6 is 0 Å². The Morgan fingerprint density at radius 1 is 1.42 bits per heavy atom. The van der Waals surface area contributed by atoms with Crippen molar-refractivity contribution < 1.29 is 14.7 Å². The fourth-order valence-corrected chi connectivity index (χ4v) is 2.01. The standard InChI is InChI=1S/C14H14N2O3/c1-10-7-13(18)16(14(19)8-10)12-9-11(3-2-6-17)4-5-15-12/h4-5,9-10,17H,6-8H2,1H3. The van der Waals surface area contributed by atoms with Crippen LogP contribution in [0.5, 0.6) is 0 Å². The van der Waals surface area contributed by atoms with Gasteiger partial charge >= 0.3 is 0 Å². The van der Waals surface area contributed by atoms with Crippen LogP contribution in [0.4, 0.5) is 5.82 Å². The van der Waals surface area contributed by atoms with Gasteiger partial charge in [-0.25, -0.2) is 9.88 Å². The van der Waals surface area contributed by atoms with E-state index in [0.29, 0.717) is 24.2 Å². The maximum atomic E-state index is 11.9. The zero-order chi connectivity index (χ0) is 13.8. The summed E-state index contributed by atoms with van der Waals surface area (Å²) in [5.41, 5.74) is 0.610. The summed E-state index contributed by atoms with van der Waals surface area (Å²) >= 11 is 0. The summed E-state index contributed by atoms with van der Waals surface area (Å²) in [7, 11) is 0. The Morgan fingerprint density at radius 3 is 2.74 bits per heavy atom. The number of aromatic nitrogens is 1. The number of carbonyl (C=O) groups excluding carboxylic acids is 2. The first kappa shape index (κ1) is 13.2. The number of hydrogen-bond donors (Lipinski definition) is 1. The van der Waals surface area contributed by atoms with Crippen molar-refractivity contribution in [3.8, 4) is 11.8 Å². The molecule has 5 nitrogen and oxygen atoms in total. The van der Waals surface area contributed by atoms with Gasteiger partial charge in [-0.1, -0.05) is 18.8 Å². The van der Waals surface area contributed by atoms with Gasteiger partial charge in [-0.2, -0.15) is 0 Å². The largest absolute Gasteiger partial charge is 0.384 e. The monoisotopic (exact) mass is 258 g/mol. The minimum atomic E-state index is -0.239. The summed E-state index contributed by atoms with van der Waals surface area (Å²) in [6.45, 7) is 1.64. The molecule has 1 N–H and O–H groups in total. The van der Waals surface area contributed by atoms with Crippen molar-refractivity contribution in [2.75, 3.05) is 11.5 Å². The second kappa shape index (κ2) is 5.63. The molecule has 0 saturated carbocycles. The molecule has 2 rings (SSSR count).